The van der Waals surface area contributed by atoms with Gasteiger partial charge < -0.3 is 15.5 Å². The highest BCUT2D eigenvalue weighted by molar-refractivity contribution is 5.82. The molecular formula is C15H29N3O. The molecule has 2 fully saturated rings. The van der Waals surface area contributed by atoms with Crippen molar-refractivity contribution in [1.82, 2.24) is 15.5 Å². The van der Waals surface area contributed by atoms with Crippen LogP contribution in [0.3, 0.4) is 0 Å². The van der Waals surface area contributed by atoms with Gasteiger partial charge in [0.25, 0.3) is 0 Å². The second kappa shape index (κ2) is 6.71. The monoisotopic (exact) mass is 267 g/mol. The van der Waals surface area contributed by atoms with Crippen molar-refractivity contribution in [3.8, 4) is 0 Å². The lowest BCUT2D eigenvalue weighted by molar-refractivity contribution is -0.123. The minimum absolute atomic E-state index is 0.0508. The van der Waals surface area contributed by atoms with Crippen molar-refractivity contribution in [2.24, 2.45) is 5.92 Å². The highest BCUT2D eigenvalue weighted by atomic mass is 16.2. The van der Waals surface area contributed by atoms with Crippen molar-refractivity contribution in [3.63, 3.8) is 0 Å². The number of nitrogens with one attached hydrogen (secondary N) is 2. The van der Waals surface area contributed by atoms with Gasteiger partial charge in [-0.25, -0.2) is 0 Å². The second-order valence-corrected chi connectivity index (χ2v) is 6.61. The summed E-state index contributed by atoms with van der Waals surface area (Å²) in [5.41, 5.74) is 0. The zero-order valence-corrected chi connectivity index (χ0v) is 12.6. The molecule has 4 atom stereocenters. The Morgan fingerprint density at radius 1 is 1.37 bits per heavy atom. The molecule has 0 aromatic carbocycles. The largest absolute Gasteiger partial charge is 0.352 e. The third kappa shape index (κ3) is 4.18. The summed E-state index contributed by atoms with van der Waals surface area (Å²) >= 11 is 0. The molecule has 110 valence electrons. The van der Waals surface area contributed by atoms with Gasteiger partial charge in [0.1, 0.15) is 0 Å². The van der Waals surface area contributed by atoms with Crippen LogP contribution in [-0.4, -0.2) is 49.6 Å². The lowest BCUT2D eigenvalue weighted by Gasteiger charge is -2.24. The molecular weight excluding hydrogens is 238 g/mol. The molecule has 1 amide bonds. The molecule has 1 heterocycles. The lowest BCUT2D eigenvalue weighted by Crippen LogP contribution is -2.46. The average Bonchev–Trinajstić information content (AvgIpc) is 2.80. The molecule has 4 unspecified atom stereocenters. The van der Waals surface area contributed by atoms with Crippen molar-refractivity contribution in [2.45, 2.75) is 63.6 Å². The first-order valence-electron chi connectivity index (χ1n) is 7.77. The zero-order valence-electron chi connectivity index (χ0n) is 12.6. The van der Waals surface area contributed by atoms with Gasteiger partial charge in [-0.3, -0.25) is 4.79 Å². The molecule has 1 saturated carbocycles. The quantitative estimate of drug-likeness (QED) is 0.790. The van der Waals surface area contributed by atoms with E-state index in [2.05, 4.69) is 36.6 Å². The molecule has 1 aliphatic carbocycles. The smallest absolute Gasteiger partial charge is 0.237 e. The normalized spacial score (nSPS) is 32.1. The van der Waals surface area contributed by atoms with E-state index in [1.54, 1.807) is 0 Å². The SMILES string of the molecule is CC(CCN(C)C)NC(=O)C1CC2CCCCC2N1. The Morgan fingerprint density at radius 2 is 2.11 bits per heavy atom. The predicted octanol–water partition coefficient (Wildman–Crippen LogP) is 1.36. The topological polar surface area (TPSA) is 44.4 Å². The Bertz CT molecular complexity index is 292. The molecule has 2 rings (SSSR count). The van der Waals surface area contributed by atoms with E-state index in [0.717, 1.165) is 25.3 Å². The maximum Gasteiger partial charge on any atom is 0.237 e. The number of nitrogens with zero attached hydrogens (tertiary/aromatic N) is 1. The summed E-state index contributed by atoms with van der Waals surface area (Å²) in [6, 6.07) is 0.913. The molecule has 0 radical (unpaired) electrons. The Balaban J connectivity index is 1.74. The molecule has 4 heteroatoms. The molecule has 1 aliphatic heterocycles. The van der Waals surface area contributed by atoms with Gasteiger partial charge in [0, 0.05) is 12.1 Å². The van der Waals surface area contributed by atoms with Gasteiger partial charge in [-0.15, -0.1) is 0 Å². The fourth-order valence-corrected chi connectivity index (χ4v) is 3.39. The van der Waals surface area contributed by atoms with Crippen LogP contribution in [-0.2, 0) is 4.79 Å². The number of fused-ring (bicyclic) bond motifs is 1. The first-order chi connectivity index (χ1) is 9.06. The Hall–Kier alpha value is -0.610. The highest BCUT2D eigenvalue weighted by Crippen LogP contribution is 2.33. The third-order valence-electron chi connectivity index (χ3n) is 4.58. The van der Waals surface area contributed by atoms with E-state index in [-0.39, 0.29) is 18.0 Å². The van der Waals surface area contributed by atoms with Crippen LogP contribution >= 0.6 is 0 Å². The van der Waals surface area contributed by atoms with Crippen LogP contribution in [0.15, 0.2) is 0 Å². The molecule has 0 spiro atoms. The Labute approximate surface area is 117 Å². The fourth-order valence-electron chi connectivity index (χ4n) is 3.39. The molecule has 2 aliphatic rings. The maximum absolute atomic E-state index is 12.3. The second-order valence-electron chi connectivity index (χ2n) is 6.61. The summed E-state index contributed by atoms with van der Waals surface area (Å²) in [4.78, 5) is 14.4. The van der Waals surface area contributed by atoms with Crippen molar-refractivity contribution >= 4 is 5.91 Å². The third-order valence-corrected chi connectivity index (χ3v) is 4.58. The Kier molecular flexibility index (Phi) is 5.22. The minimum atomic E-state index is 0.0508. The van der Waals surface area contributed by atoms with Crippen LogP contribution in [0.5, 0.6) is 0 Å². The van der Waals surface area contributed by atoms with E-state index < -0.39 is 0 Å². The molecule has 0 aromatic rings. The van der Waals surface area contributed by atoms with Crippen LogP contribution in [0.2, 0.25) is 0 Å². The molecule has 4 nitrogen and oxygen atoms in total. The number of carbonyl (C=O) groups excluding carboxylic acids is 1. The predicted molar refractivity (Wildman–Crippen MR) is 78.1 cm³/mol. The zero-order chi connectivity index (χ0) is 13.8. The number of hydrogen-bond acceptors (Lipinski definition) is 3. The summed E-state index contributed by atoms with van der Waals surface area (Å²) in [6.45, 7) is 3.12. The van der Waals surface area contributed by atoms with Crippen molar-refractivity contribution < 1.29 is 4.79 Å². The number of amides is 1. The maximum atomic E-state index is 12.3. The van der Waals surface area contributed by atoms with Gasteiger partial charge in [0.05, 0.1) is 6.04 Å². The fraction of sp³-hybridized carbons (Fsp3) is 0.933. The summed E-state index contributed by atoms with van der Waals surface area (Å²) in [5.74, 6) is 0.947. The van der Waals surface area contributed by atoms with Gasteiger partial charge in [0.15, 0.2) is 0 Å². The van der Waals surface area contributed by atoms with Gasteiger partial charge in [-0.1, -0.05) is 12.8 Å². The van der Waals surface area contributed by atoms with Crippen LogP contribution in [0.1, 0.15) is 45.4 Å². The molecule has 0 aromatic heterocycles. The number of carbonyl (C=O) groups is 1. The van der Waals surface area contributed by atoms with E-state index in [1.807, 2.05) is 0 Å². The Morgan fingerprint density at radius 3 is 2.79 bits per heavy atom. The number of hydrogen-bond donors (Lipinski definition) is 2. The molecule has 19 heavy (non-hydrogen) atoms. The molecule has 1 saturated heterocycles. The van der Waals surface area contributed by atoms with E-state index in [4.69, 9.17) is 0 Å². The molecule has 2 N–H and O–H groups in total. The van der Waals surface area contributed by atoms with Gasteiger partial charge in [-0.2, -0.15) is 0 Å². The van der Waals surface area contributed by atoms with Crippen LogP contribution in [0, 0.1) is 5.92 Å². The molecule has 0 bridgehead atoms. The first kappa shape index (κ1) is 14.8. The summed E-state index contributed by atoms with van der Waals surface area (Å²) in [7, 11) is 4.13. The standard InChI is InChI=1S/C15H29N3O/c1-11(8-9-18(2)3)16-15(19)14-10-12-6-4-5-7-13(12)17-14/h11-14,17H,4-10H2,1-3H3,(H,16,19). The van der Waals surface area contributed by atoms with Gasteiger partial charge >= 0.3 is 0 Å². The lowest BCUT2D eigenvalue weighted by atomic mass is 9.85. The van der Waals surface area contributed by atoms with E-state index in [1.165, 1.54) is 25.7 Å². The van der Waals surface area contributed by atoms with E-state index in [9.17, 15) is 4.79 Å². The van der Waals surface area contributed by atoms with Crippen molar-refractivity contribution in [2.75, 3.05) is 20.6 Å². The van der Waals surface area contributed by atoms with Gasteiger partial charge in [0.2, 0.25) is 5.91 Å². The minimum Gasteiger partial charge on any atom is -0.352 e. The summed E-state index contributed by atoms with van der Waals surface area (Å²) < 4.78 is 0. The van der Waals surface area contributed by atoms with E-state index in [0.29, 0.717) is 6.04 Å². The van der Waals surface area contributed by atoms with Crippen LogP contribution in [0.4, 0.5) is 0 Å². The summed E-state index contributed by atoms with van der Waals surface area (Å²) in [5, 5.41) is 6.70. The van der Waals surface area contributed by atoms with Crippen molar-refractivity contribution in [1.29, 1.82) is 0 Å². The first-order valence-corrected chi connectivity index (χ1v) is 7.77. The number of rotatable bonds is 5. The van der Waals surface area contributed by atoms with Crippen LogP contribution < -0.4 is 10.6 Å². The van der Waals surface area contributed by atoms with Crippen molar-refractivity contribution in [3.05, 3.63) is 0 Å². The highest BCUT2D eigenvalue weighted by Gasteiger charge is 2.38. The average molecular weight is 267 g/mol. The van der Waals surface area contributed by atoms with Crippen LogP contribution in [0.25, 0.3) is 0 Å². The van der Waals surface area contributed by atoms with E-state index >= 15 is 0 Å². The summed E-state index contributed by atoms with van der Waals surface area (Å²) in [6.07, 6.45) is 7.27. The van der Waals surface area contributed by atoms with Gasteiger partial charge in [-0.05, 0) is 59.2 Å².